The lowest BCUT2D eigenvalue weighted by Gasteiger charge is -2.27. The van der Waals surface area contributed by atoms with Crippen LogP contribution in [0.15, 0.2) is 47.5 Å². The van der Waals surface area contributed by atoms with Crippen LogP contribution >= 0.6 is 0 Å². The van der Waals surface area contributed by atoms with Gasteiger partial charge in [-0.3, -0.25) is 9.79 Å². The Labute approximate surface area is 153 Å². The summed E-state index contributed by atoms with van der Waals surface area (Å²) in [5, 5.41) is 3.65. The van der Waals surface area contributed by atoms with Gasteiger partial charge in [-0.15, -0.1) is 0 Å². The Balaban J connectivity index is 2.01. The van der Waals surface area contributed by atoms with E-state index in [1.54, 1.807) is 42.6 Å². The number of alkyl halides is 3. The highest BCUT2D eigenvalue weighted by Gasteiger charge is 2.37. The number of dihydropyridines is 1. The molecule has 2 N–H and O–H groups in total. The minimum atomic E-state index is -4.56. The first-order valence-corrected chi connectivity index (χ1v) is 8.01. The molecule has 2 aromatic rings. The molecule has 0 aliphatic carbocycles. The summed E-state index contributed by atoms with van der Waals surface area (Å²) in [6, 6.07) is 7.38. The van der Waals surface area contributed by atoms with Gasteiger partial charge in [-0.1, -0.05) is 18.2 Å². The van der Waals surface area contributed by atoms with Crippen molar-refractivity contribution >= 4 is 12.1 Å². The fourth-order valence-electron chi connectivity index (χ4n) is 2.94. The van der Waals surface area contributed by atoms with Crippen molar-refractivity contribution in [1.82, 2.24) is 9.78 Å². The maximum absolute atomic E-state index is 13.0. The summed E-state index contributed by atoms with van der Waals surface area (Å²) in [7, 11) is 1.39. The van der Waals surface area contributed by atoms with E-state index in [1.165, 1.54) is 11.8 Å². The molecule has 3 rings (SSSR count). The minimum absolute atomic E-state index is 0.0342. The van der Waals surface area contributed by atoms with Crippen molar-refractivity contribution in [2.45, 2.75) is 18.2 Å². The van der Waals surface area contributed by atoms with Gasteiger partial charge in [0.2, 0.25) is 5.91 Å². The summed E-state index contributed by atoms with van der Waals surface area (Å²) in [4.78, 5) is 16.1. The summed E-state index contributed by atoms with van der Waals surface area (Å²) >= 11 is 0. The fraction of sp³-hybridized carbons (Fsp3) is 0.278. The Hall–Kier alpha value is -2.94. The SMILES string of the molecule is COCc1cc(C(F)(F)F)nn1-c1ccc(C2(C(N)=O)C=CC=NC2)cc1. The summed E-state index contributed by atoms with van der Waals surface area (Å²) in [6.45, 7) is 0.139. The van der Waals surface area contributed by atoms with Gasteiger partial charge in [-0.25, -0.2) is 4.68 Å². The largest absolute Gasteiger partial charge is 0.435 e. The van der Waals surface area contributed by atoms with E-state index in [4.69, 9.17) is 10.5 Å². The van der Waals surface area contributed by atoms with E-state index in [0.717, 1.165) is 6.07 Å². The molecule has 2 heterocycles. The molecule has 0 bridgehead atoms. The Morgan fingerprint density at radius 3 is 2.56 bits per heavy atom. The van der Waals surface area contributed by atoms with Gasteiger partial charge < -0.3 is 10.5 Å². The number of hydrogen-bond acceptors (Lipinski definition) is 4. The predicted molar refractivity (Wildman–Crippen MR) is 92.7 cm³/mol. The number of primary amides is 1. The van der Waals surface area contributed by atoms with Crippen LogP contribution in [-0.4, -0.2) is 35.6 Å². The smallest absolute Gasteiger partial charge is 0.378 e. The molecule has 1 aliphatic heterocycles. The number of carbonyl (C=O) groups excluding carboxylic acids is 1. The molecule has 0 fully saturated rings. The number of methoxy groups -OCH3 is 1. The number of ether oxygens (including phenoxy) is 1. The van der Waals surface area contributed by atoms with Gasteiger partial charge in [-0.05, 0) is 29.8 Å². The monoisotopic (exact) mass is 378 g/mol. The van der Waals surface area contributed by atoms with Crippen molar-refractivity contribution in [3.63, 3.8) is 0 Å². The van der Waals surface area contributed by atoms with E-state index in [-0.39, 0.29) is 18.8 Å². The highest BCUT2D eigenvalue weighted by molar-refractivity contribution is 5.92. The molecule has 1 aromatic carbocycles. The van der Waals surface area contributed by atoms with Crippen molar-refractivity contribution in [3.8, 4) is 5.69 Å². The maximum atomic E-state index is 13.0. The average Bonchev–Trinajstić information content (AvgIpc) is 3.07. The van der Waals surface area contributed by atoms with Gasteiger partial charge in [0.15, 0.2) is 5.69 Å². The molecule has 0 radical (unpaired) electrons. The molecule has 1 aromatic heterocycles. The van der Waals surface area contributed by atoms with Crippen LogP contribution in [-0.2, 0) is 27.7 Å². The molecule has 27 heavy (non-hydrogen) atoms. The molecular weight excluding hydrogens is 361 g/mol. The second kappa shape index (κ2) is 6.99. The standard InChI is InChI=1S/C18H17F3N4O2/c1-27-10-14-9-15(18(19,20)21)24-25(14)13-5-3-12(4-6-13)17(16(22)26)7-2-8-23-11-17/h2-9H,10-11H2,1H3,(H2,22,26). The lowest BCUT2D eigenvalue weighted by molar-refractivity contribution is -0.141. The van der Waals surface area contributed by atoms with Crippen molar-refractivity contribution in [3.05, 3.63) is 59.4 Å². The quantitative estimate of drug-likeness (QED) is 0.867. The van der Waals surface area contributed by atoms with Crippen LogP contribution in [0.2, 0.25) is 0 Å². The third-order valence-electron chi connectivity index (χ3n) is 4.35. The van der Waals surface area contributed by atoms with Crippen LogP contribution in [0.25, 0.3) is 5.69 Å². The first kappa shape index (κ1) is 18.8. The van der Waals surface area contributed by atoms with Crippen molar-refractivity contribution < 1.29 is 22.7 Å². The van der Waals surface area contributed by atoms with Gasteiger partial charge >= 0.3 is 6.18 Å². The number of hydrogen-bond donors (Lipinski definition) is 1. The van der Waals surface area contributed by atoms with Crippen molar-refractivity contribution in [1.29, 1.82) is 0 Å². The van der Waals surface area contributed by atoms with E-state index in [0.29, 0.717) is 11.3 Å². The number of allylic oxidation sites excluding steroid dienone is 1. The highest BCUT2D eigenvalue weighted by Crippen LogP contribution is 2.31. The molecule has 1 atom stereocenters. The van der Waals surface area contributed by atoms with Crippen molar-refractivity contribution in [2.24, 2.45) is 10.7 Å². The Morgan fingerprint density at radius 1 is 1.33 bits per heavy atom. The number of aliphatic imine (C=N–C) groups is 1. The molecule has 0 spiro atoms. The zero-order chi connectivity index (χ0) is 19.7. The van der Waals surface area contributed by atoms with Crippen LogP contribution in [0, 0.1) is 0 Å². The van der Waals surface area contributed by atoms with Gasteiger partial charge in [0.25, 0.3) is 0 Å². The molecule has 9 heteroatoms. The average molecular weight is 378 g/mol. The van der Waals surface area contributed by atoms with Gasteiger partial charge in [0.05, 0.1) is 24.5 Å². The van der Waals surface area contributed by atoms with E-state index >= 15 is 0 Å². The molecule has 0 saturated heterocycles. The summed E-state index contributed by atoms with van der Waals surface area (Å²) in [5.74, 6) is -0.554. The number of aromatic nitrogens is 2. The second-order valence-electron chi connectivity index (χ2n) is 6.09. The zero-order valence-electron chi connectivity index (χ0n) is 14.4. The number of benzene rings is 1. The van der Waals surface area contributed by atoms with Crippen LogP contribution in [0.4, 0.5) is 13.2 Å². The minimum Gasteiger partial charge on any atom is -0.378 e. The predicted octanol–water partition coefficient (Wildman–Crippen LogP) is 2.40. The van der Waals surface area contributed by atoms with E-state index in [1.807, 2.05) is 0 Å². The molecule has 142 valence electrons. The molecule has 1 aliphatic rings. The van der Waals surface area contributed by atoms with E-state index in [9.17, 15) is 18.0 Å². The Bertz CT molecular complexity index is 900. The number of halogens is 3. The third kappa shape index (κ3) is 3.50. The first-order valence-electron chi connectivity index (χ1n) is 8.01. The maximum Gasteiger partial charge on any atom is 0.435 e. The van der Waals surface area contributed by atoms with Crippen LogP contribution in [0.5, 0.6) is 0 Å². The summed E-state index contributed by atoms with van der Waals surface area (Å²) < 4.78 is 45.1. The topological polar surface area (TPSA) is 82.5 Å². The normalized spacial score (nSPS) is 19.4. The number of amides is 1. The van der Waals surface area contributed by atoms with Crippen LogP contribution in [0.1, 0.15) is 17.0 Å². The van der Waals surface area contributed by atoms with Gasteiger partial charge in [-0.2, -0.15) is 18.3 Å². The molecular formula is C18H17F3N4O2. The first-order chi connectivity index (χ1) is 12.8. The molecule has 1 amide bonds. The number of carbonyl (C=O) groups is 1. The molecule has 0 saturated carbocycles. The number of nitrogens with two attached hydrogens (primary N) is 1. The van der Waals surface area contributed by atoms with Gasteiger partial charge in [0.1, 0.15) is 5.41 Å². The lowest BCUT2D eigenvalue weighted by atomic mass is 9.78. The Kier molecular flexibility index (Phi) is 4.88. The molecule has 1 unspecified atom stereocenters. The lowest BCUT2D eigenvalue weighted by Crippen LogP contribution is -2.43. The van der Waals surface area contributed by atoms with Crippen LogP contribution < -0.4 is 5.73 Å². The summed E-state index contributed by atoms with van der Waals surface area (Å²) in [6.07, 6.45) is 0.328. The zero-order valence-corrected chi connectivity index (χ0v) is 14.4. The molecule has 6 nitrogen and oxygen atoms in total. The second-order valence-corrected chi connectivity index (χ2v) is 6.09. The number of rotatable bonds is 5. The third-order valence-corrected chi connectivity index (χ3v) is 4.35. The van der Waals surface area contributed by atoms with Crippen LogP contribution in [0.3, 0.4) is 0 Å². The van der Waals surface area contributed by atoms with Crippen molar-refractivity contribution in [2.75, 3.05) is 13.7 Å². The highest BCUT2D eigenvalue weighted by atomic mass is 19.4. The number of nitrogens with zero attached hydrogens (tertiary/aromatic N) is 3. The summed E-state index contributed by atoms with van der Waals surface area (Å²) in [5.41, 5.74) is 4.75. The Morgan fingerprint density at radius 2 is 2.04 bits per heavy atom. The van der Waals surface area contributed by atoms with E-state index in [2.05, 4.69) is 10.1 Å². The van der Waals surface area contributed by atoms with Gasteiger partial charge in [0, 0.05) is 13.3 Å². The fourth-order valence-corrected chi connectivity index (χ4v) is 2.94. The van der Waals surface area contributed by atoms with E-state index < -0.39 is 23.2 Å².